The summed E-state index contributed by atoms with van der Waals surface area (Å²) in [6.45, 7) is 2.72. The van der Waals surface area contributed by atoms with Crippen LogP contribution in [-0.4, -0.2) is 12.5 Å². The van der Waals surface area contributed by atoms with Crippen LogP contribution in [0.25, 0.3) is 0 Å². The van der Waals surface area contributed by atoms with E-state index in [1.165, 1.54) is 11.1 Å². The summed E-state index contributed by atoms with van der Waals surface area (Å²) in [7, 11) is 0. The first-order chi connectivity index (χ1) is 10.2. The highest BCUT2D eigenvalue weighted by Gasteiger charge is 2.04. The number of hydrogen-bond acceptors (Lipinski definition) is 2. The van der Waals surface area contributed by atoms with Crippen molar-refractivity contribution in [2.24, 2.45) is 0 Å². The van der Waals surface area contributed by atoms with Crippen molar-refractivity contribution in [1.29, 1.82) is 5.26 Å². The predicted octanol–water partition coefficient (Wildman–Crippen LogP) is 2.77. The van der Waals surface area contributed by atoms with Crippen LogP contribution in [0.1, 0.15) is 22.3 Å². The molecule has 21 heavy (non-hydrogen) atoms. The van der Waals surface area contributed by atoms with Gasteiger partial charge in [0.2, 0.25) is 5.91 Å². The Morgan fingerprint density at radius 3 is 2.52 bits per heavy atom. The van der Waals surface area contributed by atoms with Gasteiger partial charge < -0.3 is 5.32 Å². The number of nitrogens with one attached hydrogen (secondary N) is 1. The molecule has 1 N–H and O–H groups in total. The van der Waals surface area contributed by atoms with Crippen molar-refractivity contribution in [3.63, 3.8) is 0 Å². The molecule has 0 aliphatic heterocycles. The number of benzene rings is 2. The van der Waals surface area contributed by atoms with E-state index in [2.05, 4.69) is 30.4 Å². The summed E-state index contributed by atoms with van der Waals surface area (Å²) in [5.41, 5.74) is 4.04. The monoisotopic (exact) mass is 278 g/mol. The third kappa shape index (κ3) is 4.47. The first-order valence-electron chi connectivity index (χ1n) is 6.99. The lowest BCUT2D eigenvalue weighted by atomic mass is 10.1. The van der Waals surface area contributed by atoms with Crippen molar-refractivity contribution >= 4 is 5.91 Å². The molecular weight excluding hydrogens is 260 g/mol. The second-order valence-corrected chi connectivity index (χ2v) is 5.01. The minimum atomic E-state index is 0.00768. The fraction of sp³-hybridized carbons (Fsp3) is 0.222. The Morgan fingerprint density at radius 1 is 1.14 bits per heavy atom. The standard InChI is InChI=1S/C18H18N2O/c1-14-4-2-3-5-17(14)10-11-20-18(21)12-15-6-8-16(13-19)9-7-15/h2-9H,10-12H2,1H3,(H,20,21). The molecule has 0 saturated carbocycles. The molecule has 0 aromatic heterocycles. The van der Waals surface area contributed by atoms with Crippen molar-refractivity contribution < 1.29 is 4.79 Å². The maximum Gasteiger partial charge on any atom is 0.224 e. The number of amides is 1. The summed E-state index contributed by atoms with van der Waals surface area (Å²) >= 11 is 0. The Hall–Kier alpha value is -2.60. The zero-order valence-electron chi connectivity index (χ0n) is 12.1. The predicted molar refractivity (Wildman–Crippen MR) is 82.8 cm³/mol. The molecule has 0 radical (unpaired) electrons. The number of nitrogens with zero attached hydrogens (tertiary/aromatic N) is 1. The van der Waals surface area contributed by atoms with E-state index in [9.17, 15) is 4.79 Å². The molecule has 0 aliphatic rings. The third-order valence-electron chi connectivity index (χ3n) is 3.43. The van der Waals surface area contributed by atoms with Gasteiger partial charge in [0.1, 0.15) is 0 Å². The molecular formula is C18H18N2O. The van der Waals surface area contributed by atoms with E-state index in [1.54, 1.807) is 12.1 Å². The molecule has 1 amide bonds. The van der Waals surface area contributed by atoms with E-state index in [4.69, 9.17) is 5.26 Å². The SMILES string of the molecule is Cc1ccccc1CCNC(=O)Cc1ccc(C#N)cc1. The molecule has 0 atom stereocenters. The van der Waals surface area contributed by atoms with Crippen LogP contribution >= 0.6 is 0 Å². The molecule has 2 aromatic carbocycles. The highest BCUT2D eigenvalue weighted by atomic mass is 16.1. The zero-order chi connectivity index (χ0) is 15.1. The first kappa shape index (κ1) is 14.8. The minimum Gasteiger partial charge on any atom is -0.355 e. The van der Waals surface area contributed by atoms with Gasteiger partial charge in [-0.15, -0.1) is 0 Å². The van der Waals surface area contributed by atoms with E-state index in [1.807, 2.05) is 24.3 Å². The van der Waals surface area contributed by atoms with Crippen molar-refractivity contribution in [2.45, 2.75) is 19.8 Å². The summed E-state index contributed by atoms with van der Waals surface area (Å²) in [6, 6.07) is 17.4. The molecule has 0 saturated heterocycles. The van der Waals surface area contributed by atoms with Gasteiger partial charge in [0.05, 0.1) is 18.1 Å². The average Bonchev–Trinajstić information content (AvgIpc) is 2.50. The lowest BCUT2D eigenvalue weighted by Gasteiger charge is -2.07. The highest BCUT2D eigenvalue weighted by molar-refractivity contribution is 5.78. The molecule has 0 unspecified atom stereocenters. The van der Waals surface area contributed by atoms with Gasteiger partial charge in [-0.3, -0.25) is 4.79 Å². The van der Waals surface area contributed by atoms with Crippen LogP contribution in [0, 0.1) is 18.3 Å². The fourth-order valence-electron chi connectivity index (χ4n) is 2.17. The van der Waals surface area contributed by atoms with Crippen molar-refractivity contribution in [3.05, 3.63) is 70.8 Å². The first-order valence-corrected chi connectivity index (χ1v) is 6.99. The number of carbonyl (C=O) groups excluding carboxylic acids is 1. The number of carbonyl (C=O) groups is 1. The maximum absolute atomic E-state index is 11.9. The van der Waals surface area contributed by atoms with Gasteiger partial charge >= 0.3 is 0 Å². The summed E-state index contributed by atoms with van der Waals surface area (Å²) < 4.78 is 0. The smallest absolute Gasteiger partial charge is 0.224 e. The lowest BCUT2D eigenvalue weighted by molar-refractivity contribution is -0.120. The highest BCUT2D eigenvalue weighted by Crippen LogP contribution is 2.07. The van der Waals surface area contributed by atoms with Gasteiger partial charge in [-0.25, -0.2) is 0 Å². The molecule has 0 aliphatic carbocycles. The average molecular weight is 278 g/mol. The molecule has 0 bridgehead atoms. The van der Waals surface area contributed by atoms with Crippen molar-refractivity contribution in [3.8, 4) is 6.07 Å². The molecule has 2 aromatic rings. The number of rotatable bonds is 5. The molecule has 2 rings (SSSR count). The molecule has 0 spiro atoms. The minimum absolute atomic E-state index is 0.00768. The second-order valence-electron chi connectivity index (χ2n) is 5.01. The molecule has 3 heteroatoms. The topological polar surface area (TPSA) is 52.9 Å². The van der Waals surface area contributed by atoms with Gasteiger partial charge in [-0.2, -0.15) is 5.26 Å². The summed E-state index contributed by atoms with van der Waals surface area (Å²) in [6.07, 6.45) is 1.19. The number of aryl methyl sites for hydroxylation is 1. The van der Waals surface area contributed by atoms with Gasteiger partial charge in [0, 0.05) is 6.54 Å². The fourth-order valence-corrected chi connectivity index (χ4v) is 2.17. The lowest BCUT2D eigenvalue weighted by Crippen LogP contribution is -2.27. The summed E-state index contributed by atoms with van der Waals surface area (Å²) in [5.74, 6) is 0.00768. The van der Waals surface area contributed by atoms with Crippen LogP contribution in [0.15, 0.2) is 48.5 Å². The Bertz CT molecular complexity index is 654. The molecule has 106 valence electrons. The molecule has 0 fully saturated rings. The van der Waals surface area contributed by atoms with Gasteiger partial charge in [0.25, 0.3) is 0 Å². The van der Waals surface area contributed by atoms with E-state index in [0.717, 1.165) is 12.0 Å². The quantitative estimate of drug-likeness (QED) is 0.914. The van der Waals surface area contributed by atoms with Gasteiger partial charge in [-0.1, -0.05) is 36.4 Å². The Kier molecular flexibility index (Phi) is 5.11. The number of hydrogen-bond donors (Lipinski definition) is 1. The maximum atomic E-state index is 11.9. The van der Waals surface area contributed by atoms with Crippen LogP contribution in [0.4, 0.5) is 0 Å². The van der Waals surface area contributed by atoms with Crippen LogP contribution in [0.3, 0.4) is 0 Å². The third-order valence-corrected chi connectivity index (χ3v) is 3.43. The second kappa shape index (κ2) is 7.25. The van der Waals surface area contributed by atoms with E-state index in [0.29, 0.717) is 18.5 Å². The van der Waals surface area contributed by atoms with Crippen LogP contribution in [0.5, 0.6) is 0 Å². The van der Waals surface area contributed by atoms with Crippen LogP contribution in [0.2, 0.25) is 0 Å². The van der Waals surface area contributed by atoms with E-state index >= 15 is 0 Å². The largest absolute Gasteiger partial charge is 0.355 e. The van der Waals surface area contributed by atoms with Crippen LogP contribution in [-0.2, 0) is 17.6 Å². The van der Waals surface area contributed by atoms with Gasteiger partial charge in [0.15, 0.2) is 0 Å². The van der Waals surface area contributed by atoms with E-state index in [-0.39, 0.29) is 5.91 Å². The molecule has 3 nitrogen and oxygen atoms in total. The molecule has 0 heterocycles. The Balaban J connectivity index is 1.80. The normalized spacial score (nSPS) is 9.90. The van der Waals surface area contributed by atoms with Crippen molar-refractivity contribution in [2.75, 3.05) is 6.54 Å². The number of nitriles is 1. The summed E-state index contributed by atoms with van der Waals surface area (Å²) in [4.78, 5) is 11.9. The van der Waals surface area contributed by atoms with Crippen molar-refractivity contribution in [1.82, 2.24) is 5.32 Å². The Labute approximate surface area is 125 Å². The van der Waals surface area contributed by atoms with Gasteiger partial charge in [-0.05, 0) is 42.2 Å². The van der Waals surface area contributed by atoms with E-state index < -0.39 is 0 Å². The Morgan fingerprint density at radius 2 is 1.86 bits per heavy atom. The summed E-state index contributed by atoms with van der Waals surface area (Å²) in [5, 5.41) is 11.7. The zero-order valence-corrected chi connectivity index (χ0v) is 12.1. The van der Waals surface area contributed by atoms with Crippen LogP contribution < -0.4 is 5.32 Å².